The van der Waals surface area contributed by atoms with Crippen LogP contribution in [-0.4, -0.2) is 51.2 Å². The van der Waals surface area contributed by atoms with E-state index >= 15 is 0 Å². The van der Waals surface area contributed by atoms with Crippen LogP contribution in [-0.2, 0) is 19.1 Å². The molecule has 0 unspecified atom stereocenters. The van der Waals surface area contributed by atoms with Gasteiger partial charge in [0.05, 0.1) is 44.0 Å². The number of carbonyl (C=O) groups excluding carboxylic acids is 3. The summed E-state index contributed by atoms with van der Waals surface area (Å²) < 4.78 is 9.77. The quantitative estimate of drug-likeness (QED) is 0.720. The molecule has 7 heteroatoms. The maximum Gasteiger partial charge on any atom is 0.339 e. The Morgan fingerprint density at radius 2 is 1.88 bits per heavy atom. The molecule has 0 spiro atoms. The maximum absolute atomic E-state index is 12.3. The van der Waals surface area contributed by atoms with E-state index in [1.807, 2.05) is 0 Å². The molecular weight excluding hydrogens is 324 g/mol. The number of rotatable bonds is 6. The number of likely N-dealkylation sites (tertiary alicyclic amines) is 1. The zero-order valence-electron chi connectivity index (χ0n) is 14.7. The average Bonchev–Trinajstić information content (AvgIpc) is 2.62. The zero-order valence-corrected chi connectivity index (χ0v) is 14.7. The Hall–Kier alpha value is -2.41. The smallest absolute Gasteiger partial charge is 0.339 e. The molecule has 1 saturated heterocycles. The second-order valence-corrected chi connectivity index (χ2v) is 6.04. The van der Waals surface area contributed by atoms with E-state index in [2.05, 4.69) is 5.32 Å². The number of hydrogen-bond donors (Lipinski definition) is 2. The Morgan fingerprint density at radius 1 is 1.20 bits per heavy atom. The molecule has 25 heavy (non-hydrogen) atoms. The lowest BCUT2D eigenvalue weighted by atomic mass is 9.97. The van der Waals surface area contributed by atoms with Gasteiger partial charge in [-0.1, -0.05) is 12.1 Å². The van der Waals surface area contributed by atoms with Crippen LogP contribution in [0.3, 0.4) is 0 Å². The summed E-state index contributed by atoms with van der Waals surface area (Å²) in [5.74, 6) is -0.857. The van der Waals surface area contributed by atoms with E-state index in [0.717, 1.165) is 30.8 Å². The van der Waals surface area contributed by atoms with Gasteiger partial charge in [0.15, 0.2) is 6.54 Å². The van der Waals surface area contributed by atoms with Crippen LogP contribution in [0.2, 0.25) is 0 Å². The van der Waals surface area contributed by atoms with E-state index in [0.29, 0.717) is 24.4 Å². The molecule has 0 aromatic heterocycles. The number of methoxy groups -OCH3 is 1. The SMILES string of the molecule is CCOC(=O)C1CC[NH+](CC(=O)Nc2ccccc2C(=O)OC)CC1. The number of esters is 2. The van der Waals surface area contributed by atoms with Crippen LogP contribution in [0.5, 0.6) is 0 Å². The van der Waals surface area contributed by atoms with E-state index < -0.39 is 5.97 Å². The van der Waals surface area contributed by atoms with Crippen molar-refractivity contribution in [3.8, 4) is 0 Å². The second-order valence-electron chi connectivity index (χ2n) is 6.04. The minimum atomic E-state index is -0.488. The first-order valence-electron chi connectivity index (χ1n) is 8.52. The topological polar surface area (TPSA) is 86.1 Å². The van der Waals surface area contributed by atoms with Crippen molar-refractivity contribution in [2.24, 2.45) is 5.92 Å². The maximum atomic E-state index is 12.3. The molecule has 1 heterocycles. The normalized spacial score (nSPS) is 19.8. The number of hydrogen-bond acceptors (Lipinski definition) is 5. The fraction of sp³-hybridized carbons (Fsp3) is 0.500. The van der Waals surface area contributed by atoms with E-state index in [1.165, 1.54) is 7.11 Å². The van der Waals surface area contributed by atoms with Gasteiger partial charge in [-0.25, -0.2) is 4.79 Å². The predicted molar refractivity (Wildman–Crippen MR) is 91.3 cm³/mol. The number of benzene rings is 1. The minimum Gasteiger partial charge on any atom is -0.466 e. The number of quaternary nitrogens is 1. The Kier molecular flexibility index (Phi) is 6.94. The second kappa shape index (κ2) is 9.17. The Labute approximate surface area is 147 Å². The van der Waals surface area contributed by atoms with Gasteiger partial charge in [-0.15, -0.1) is 0 Å². The molecular formula is C18H25N2O5+. The van der Waals surface area contributed by atoms with Crippen molar-refractivity contribution in [2.45, 2.75) is 19.8 Å². The molecule has 7 nitrogen and oxygen atoms in total. The summed E-state index contributed by atoms with van der Waals surface area (Å²) in [4.78, 5) is 36.9. The summed E-state index contributed by atoms with van der Waals surface area (Å²) in [7, 11) is 1.30. The van der Waals surface area contributed by atoms with Gasteiger partial charge in [0.25, 0.3) is 5.91 Å². The van der Waals surface area contributed by atoms with Crippen LogP contribution in [0.4, 0.5) is 5.69 Å². The highest BCUT2D eigenvalue weighted by molar-refractivity contribution is 6.01. The van der Waals surface area contributed by atoms with Gasteiger partial charge in [-0.3, -0.25) is 9.59 Å². The number of ether oxygens (including phenoxy) is 2. The van der Waals surface area contributed by atoms with Crippen LogP contribution in [0.25, 0.3) is 0 Å². The lowest BCUT2D eigenvalue weighted by Crippen LogP contribution is -3.14. The standard InChI is InChI=1S/C18H24N2O5/c1-3-25-17(22)13-8-10-20(11-9-13)12-16(21)19-15-7-5-4-6-14(15)18(23)24-2/h4-7,13H,3,8-12H2,1-2H3,(H,19,21)/p+1. The van der Waals surface area contributed by atoms with Crippen molar-refractivity contribution in [3.05, 3.63) is 29.8 Å². The summed E-state index contributed by atoms with van der Waals surface area (Å²) >= 11 is 0. The highest BCUT2D eigenvalue weighted by atomic mass is 16.5. The first-order valence-corrected chi connectivity index (χ1v) is 8.52. The van der Waals surface area contributed by atoms with Crippen molar-refractivity contribution in [1.82, 2.24) is 0 Å². The molecule has 0 saturated carbocycles. The monoisotopic (exact) mass is 349 g/mol. The van der Waals surface area contributed by atoms with E-state index in [9.17, 15) is 14.4 Å². The number of para-hydroxylation sites is 1. The summed E-state index contributed by atoms with van der Waals surface area (Å²) in [5.41, 5.74) is 0.773. The lowest BCUT2D eigenvalue weighted by molar-refractivity contribution is -0.897. The van der Waals surface area contributed by atoms with Gasteiger partial charge < -0.3 is 19.7 Å². The fourth-order valence-corrected chi connectivity index (χ4v) is 3.00. The molecule has 0 aliphatic carbocycles. The molecule has 1 aliphatic heterocycles. The average molecular weight is 349 g/mol. The Morgan fingerprint density at radius 3 is 2.52 bits per heavy atom. The van der Waals surface area contributed by atoms with E-state index in [-0.39, 0.29) is 17.8 Å². The number of nitrogens with one attached hydrogen (secondary N) is 2. The van der Waals surface area contributed by atoms with Gasteiger partial charge in [0.2, 0.25) is 0 Å². The van der Waals surface area contributed by atoms with Gasteiger partial charge in [-0.05, 0) is 19.1 Å². The zero-order chi connectivity index (χ0) is 18.2. The van der Waals surface area contributed by atoms with Crippen molar-refractivity contribution < 1.29 is 28.8 Å². The third kappa shape index (κ3) is 5.29. The van der Waals surface area contributed by atoms with Crippen molar-refractivity contribution in [2.75, 3.05) is 38.7 Å². The molecule has 1 aromatic rings. The van der Waals surface area contributed by atoms with E-state index in [4.69, 9.17) is 9.47 Å². The van der Waals surface area contributed by atoms with Crippen molar-refractivity contribution >= 4 is 23.5 Å². The van der Waals surface area contributed by atoms with Crippen LogP contribution in [0.1, 0.15) is 30.1 Å². The van der Waals surface area contributed by atoms with Crippen molar-refractivity contribution in [3.63, 3.8) is 0 Å². The summed E-state index contributed by atoms with van der Waals surface area (Å²) in [6.07, 6.45) is 1.44. The summed E-state index contributed by atoms with van der Waals surface area (Å²) in [6, 6.07) is 6.75. The van der Waals surface area contributed by atoms with Crippen molar-refractivity contribution in [1.29, 1.82) is 0 Å². The van der Waals surface area contributed by atoms with E-state index in [1.54, 1.807) is 31.2 Å². The molecule has 0 atom stereocenters. The molecule has 2 rings (SSSR count). The first kappa shape index (κ1) is 18.9. The van der Waals surface area contributed by atoms with Gasteiger partial charge >= 0.3 is 11.9 Å². The minimum absolute atomic E-state index is 0.0631. The molecule has 1 aliphatic rings. The number of carbonyl (C=O) groups is 3. The molecule has 1 amide bonds. The number of anilines is 1. The summed E-state index contributed by atoms with van der Waals surface area (Å²) in [6.45, 7) is 3.98. The molecule has 0 radical (unpaired) electrons. The molecule has 1 aromatic carbocycles. The lowest BCUT2D eigenvalue weighted by Gasteiger charge is -2.27. The highest BCUT2D eigenvalue weighted by Crippen LogP contribution is 2.16. The highest BCUT2D eigenvalue weighted by Gasteiger charge is 2.29. The van der Waals surface area contributed by atoms with Gasteiger partial charge in [0.1, 0.15) is 0 Å². The molecule has 1 fully saturated rings. The largest absolute Gasteiger partial charge is 0.466 e. The molecule has 136 valence electrons. The number of amides is 1. The Balaban J connectivity index is 1.86. The molecule has 2 N–H and O–H groups in total. The third-order valence-electron chi connectivity index (χ3n) is 4.33. The van der Waals surface area contributed by atoms with Gasteiger partial charge in [0, 0.05) is 12.8 Å². The van der Waals surface area contributed by atoms with Crippen LogP contribution >= 0.6 is 0 Å². The molecule has 0 bridgehead atoms. The Bertz CT molecular complexity index is 624. The summed E-state index contributed by atoms with van der Waals surface area (Å²) in [5, 5.41) is 2.78. The number of piperidine rings is 1. The predicted octanol–water partition coefficient (Wildman–Crippen LogP) is 0.270. The third-order valence-corrected chi connectivity index (χ3v) is 4.33. The van der Waals surface area contributed by atoms with Crippen LogP contribution < -0.4 is 10.2 Å². The fourth-order valence-electron chi connectivity index (χ4n) is 3.00. The van der Waals surface area contributed by atoms with Gasteiger partial charge in [-0.2, -0.15) is 0 Å². The van der Waals surface area contributed by atoms with Crippen LogP contribution in [0, 0.1) is 5.92 Å². The van der Waals surface area contributed by atoms with Crippen LogP contribution in [0.15, 0.2) is 24.3 Å². The first-order chi connectivity index (χ1) is 12.0.